The van der Waals surface area contributed by atoms with Gasteiger partial charge in [0.1, 0.15) is 47.2 Å². The van der Waals surface area contributed by atoms with Gasteiger partial charge in [0.2, 0.25) is 0 Å². The summed E-state index contributed by atoms with van der Waals surface area (Å²) in [5, 5.41) is 15.1. The zero-order chi connectivity index (χ0) is 35.0. The first kappa shape index (κ1) is 31.9. The molecule has 4 aliphatic rings. The van der Waals surface area contributed by atoms with E-state index in [-0.39, 0.29) is 74.8 Å². The minimum atomic E-state index is -0.971. The average molecular weight is 696 g/mol. The van der Waals surface area contributed by atoms with E-state index < -0.39 is 29.2 Å². The summed E-state index contributed by atoms with van der Waals surface area (Å²) in [7, 11) is 0. The zero-order valence-corrected chi connectivity index (χ0v) is 27.5. The van der Waals surface area contributed by atoms with Crippen molar-refractivity contribution in [2.75, 3.05) is 37.7 Å². The highest BCUT2D eigenvalue weighted by Crippen LogP contribution is 2.44. The molecule has 4 saturated heterocycles. The topological polar surface area (TPSA) is 99.5 Å². The van der Waals surface area contributed by atoms with Gasteiger partial charge in [0, 0.05) is 60.8 Å². The molecule has 3 aromatic heterocycles. The van der Waals surface area contributed by atoms with Crippen LogP contribution in [0.5, 0.6) is 11.8 Å². The highest BCUT2D eigenvalue weighted by Gasteiger charge is 2.49. The van der Waals surface area contributed by atoms with Crippen LogP contribution in [0.2, 0.25) is 0 Å². The van der Waals surface area contributed by atoms with Gasteiger partial charge in [-0.05, 0) is 61.9 Å². The van der Waals surface area contributed by atoms with Gasteiger partial charge in [0.25, 0.3) is 0 Å². The van der Waals surface area contributed by atoms with Crippen molar-refractivity contribution in [3.8, 4) is 46.6 Å². The van der Waals surface area contributed by atoms with Crippen LogP contribution in [-0.2, 0) is 0 Å². The van der Waals surface area contributed by atoms with E-state index in [1.54, 1.807) is 0 Å². The number of hydrogen-bond acceptors (Lipinski definition) is 9. The number of aromatic hydroxyl groups is 1. The van der Waals surface area contributed by atoms with Gasteiger partial charge in [0.05, 0.1) is 28.4 Å². The lowest BCUT2D eigenvalue weighted by atomic mass is 9.95. The third-order valence-electron chi connectivity index (χ3n) is 10.9. The molecule has 4 aliphatic heterocycles. The van der Waals surface area contributed by atoms with Gasteiger partial charge in [-0.1, -0.05) is 12.0 Å². The van der Waals surface area contributed by atoms with E-state index in [9.17, 15) is 13.9 Å². The maximum absolute atomic E-state index is 17.4. The molecule has 2 N–H and O–H groups in total. The first-order valence-corrected chi connectivity index (χ1v) is 17.2. The second kappa shape index (κ2) is 12.0. The number of phenols is 1. The lowest BCUT2D eigenvalue weighted by molar-refractivity contribution is 0.107. The van der Waals surface area contributed by atoms with Crippen molar-refractivity contribution in [1.82, 2.24) is 30.2 Å². The summed E-state index contributed by atoms with van der Waals surface area (Å²) in [6.07, 6.45) is 11.2. The molecule has 260 valence electrons. The summed E-state index contributed by atoms with van der Waals surface area (Å²) < 4.78 is 68.3. The van der Waals surface area contributed by atoms with Crippen LogP contribution in [-0.4, -0.2) is 86.5 Å². The lowest BCUT2D eigenvalue weighted by Crippen LogP contribution is -2.51. The Hall–Kier alpha value is -5.06. The Kier molecular flexibility index (Phi) is 7.52. The van der Waals surface area contributed by atoms with Crippen molar-refractivity contribution in [1.29, 1.82) is 0 Å². The fraction of sp³-hybridized carbons (Fsp3) is 0.368. The second-order valence-corrected chi connectivity index (χ2v) is 14.1. The molecule has 0 radical (unpaired) electrons. The Balaban J connectivity index is 1.31. The summed E-state index contributed by atoms with van der Waals surface area (Å²) in [6, 6.07) is 6.78. The molecule has 13 heteroatoms. The van der Waals surface area contributed by atoms with E-state index in [4.69, 9.17) is 21.1 Å². The summed E-state index contributed by atoms with van der Waals surface area (Å²) in [6.45, 7) is 2.35. The number of alkyl halides is 1. The number of piperazine rings is 1. The minimum Gasteiger partial charge on any atom is -0.508 e. The maximum Gasteiger partial charge on any atom is 0.319 e. The number of halogens is 4. The smallest absolute Gasteiger partial charge is 0.319 e. The Bertz CT molecular complexity index is 2270. The van der Waals surface area contributed by atoms with Crippen LogP contribution in [0.3, 0.4) is 0 Å². The number of fused-ring (bicyclic) bond motifs is 5. The highest BCUT2D eigenvalue weighted by molar-refractivity contribution is 6.06. The molecule has 0 unspecified atom stereocenters. The van der Waals surface area contributed by atoms with E-state index in [1.165, 1.54) is 36.5 Å². The van der Waals surface area contributed by atoms with Crippen molar-refractivity contribution in [2.24, 2.45) is 0 Å². The average Bonchev–Trinajstić information content (AvgIpc) is 3.77. The summed E-state index contributed by atoms with van der Waals surface area (Å²) in [5.41, 5.74) is -0.731. The van der Waals surface area contributed by atoms with Crippen LogP contribution in [0.4, 0.5) is 23.4 Å². The number of phenolic OH excluding ortho intramolecular Hbond substituents is 1. The molecule has 4 atom stereocenters. The van der Waals surface area contributed by atoms with Crippen molar-refractivity contribution >= 4 is 27.5 Å². The molecule has 2 bridgehead atoms. The highest BCUT2D eigenvalue weighted by atomic mass is 19.1. The van der Waals surface area contributed by atoms with Crippen LogP contribution in [0, 0.1) is 29.8 Å². The van der Waals surface area contributed by atoms with Gasteiger partial charge < -0.3 is 20.1 Å². The molecule has 5 aromatic rings. The van der Waals surface area contributed by atoms with Crippen LogP contribution in [0.1, 0.15) is 37.7 Å². The quantitative estimate of drug-likeness (QED) is 0.166. The lowest BCUT2D eigenvalue weighted by Gasteiger charge is -2.35. The van der Waals surface area contributed by atoms with Crippen molar-refractivity contribution in [3.05, 3.63) is 65.7 Å². The SMILES string of the molecule is C#Cc1c(F)ccc2cc(O)cc(-c3nc(-c4cncc(F)c4)c4c(N5C[C@H]6CC[C@@H](C5)N6)nc(OC[C@@]56CCCN5C[C@H](F)C6)nc4c3F)c12. The fourth-order valence-corrected chi connectivity index (χ4v) is 8.73. The number of pyridine rings is 2. The second-order valence-electron chi connectivity index (χ2n) is 14.1. The first-order valence-electron chi connectivity index (χ1n) is 17.2. The van der Waals surface area contributed by atoms with Crippen LogP contribution in [0.25, 0.3) is 44.2 Å². The number of nitrogens with zero attached hydrogens (tertiary/aromatic N) is 6. The number of benzene rings is 2. The molecule has 7 heterocycles. The van der Waals surface area contributed by atoms with Crippen LogP contribution < -0.4 is 15.0 Å². The number of terminal acetylenes is 1. The number of ether oxygens (including phenoxy) is 1. The monoisotopic (exact) mass is 695 g/mol. The van der Waals surface area contributed by atoms with E-state index in [2.05, 4.69) is 31.0 Å². The third-order valence-corrected chi connectivity index (χ3v) is 10.9. The number of hydrogen-bond donors (Lipinski definition) is 2. The fourth-order valence-electron chi connectivity index (χ4n) is 8.73. The van der Waals surface area contributed by atoms with Crippen molar-refractivity contribution in [3.63, 3.8) is 0 Å². The summed E-state index contributed by atoms with van der Waals surface area (Å²) >= 11 is 0. The van der Waals surface area contributed by atoms with Crippen molar-refractivity contribution < 1.29 is 27.4 Å². The van der Waals surface area contributed by atoms with E-state index in [1.807, 2.05) is 0 Å². The van der Waals surface area contributed by atoms with Gasteiger partial charge in [0.15, 0.2) is 5.82 Å². The predicted molar refractivity (Wildman–Crippen MR) is 184 cm³/mol. The number of anilines is 1. The van der Waals surface area contributed by atoms with E-state index in [0.29, 0.717) is 37.3 Å². The predicted octanol–water partition coefficient (Wildman–Crippen LogP) is 5.91. The third kappa shape index (κ3) is 5.31. The first-order chi connectivity index (χ1) is 24.7. The molecule has 2 aromatic carbocycles. The molecule has 4 fully saturated rings. The van der Waals surface area contributed by atoms with Crippen LogP contribution >= 0.6 is 0 Å². The van der Waals surface area contributed by atoms with Gasteiger partial charge in [-0.3, -0.25) is 9.88 Å². The Morgan fingerprint density at radius 3 is 2.61 bits per heavy atom. The molecular formula is C38H33F4N7O2. The molecule has 9 nitrogen and oxygen atoms in total. The number of rotatable bonds is 6. The van der Waals surface area contributed by atoms with Gasteiger partial charge in [-0.25, -0.2) is 22.5 Å². The van der Waals surface area contributed by atoms with Crippen molar-refractivity contribution in [2.45, 2.75) is 55.9 Å². The molecular weight excluding hydrogens is 662 g/mol. The van der Waals surface area contributed by atoms with Gasteiger partial charge >= 0.3 is 6.01 Å². The van der Waals surface area contributed by atoms with Gasteiger partial charge in [-0.2, -0.15) is 9.97 Å². The number of aromatic nitrogens is 4. The Morgan fingerprint density at radius 1 is 1.00 bits per heavy atom. The largest absolute Gasteiger partial charge is 0.508 e. The van der Waals surface area contributed by atoms with Gasteiger partial charge in [-0.15, -0.1) is 6.42 Å². The molecule has 51 heavy (non-hydrogen) atoms. The zero-order valence-electron chi connectivity index (χ0n) is 27.5. The Morgan fingerprint density at radius 2 is 1.82 bits per heavy atom. The number of nitrogens with one attached hydrogen (secondary N) is 1. The van der Waals surface area contributed by atoms with E-state index >= 15 is 8.78 Å². The molecule has 0 saturated carbocycles. The molecule has 0 amide bonds. The summed E-state index contributed by atoms with van der Waals surface area (Å²) in [5.74, 6) is 0.254. The standard InChI is InChI=1S/C38H33F4N7O2/c1-2-27-29(41)7-4-20-11-26(50)12-28(30(20)27)34-32(42)35-31(33(45-34)21-10-22(39)15-43-14-21)36(48-17-24-5-6-25(18-48)44-24)47-37(46-35)51-19-38-8-3-9-49(38)16-23(40)13-38/h1,4,7,10-12,14-15,23-25,44,50H,3,5-6,8-9,13,16-19H2/t23-,24-,25+,38+/m1/s1. The Labute approximate surface area is 290 Å². The molecule has 0 spiro atoms. The molecule has 9 rings (SSSR count). The summed E-state index contributed by atoms with van der Waals surface area (Å²) in [4.78, 5) is 22.5. The normalized spacial score (nSPS) is 24.4. The van der Waals surface area contributed by atoms with E-state index in [0.717, 1.165) is 38.4 Å². The minimum absolute atomic E-state index is 0.0192. The maximum atomic E-state index is 17.4. The molecule has 0 aliphatic carbocycles. The van der Waals surface area contributed by atoms with Crippen LogP contribution in [0.15, 0.2) is 42.7 Å².